The smallest absolute Gasteiger partial charge is 0.462 e. The first-order chi connectivity index (χ1) is 51.7. The zero-order valence-electron chi connectivity index (χ0n) is 69.4. The van der Waals surface area contributed by atoms with E-state index < -0.39 is 97.5 Å². The molecule has 0 fully saturated rings. The molecular weight excluding hydrogens is 1380 g/mol. The Bertz CT molecular complexity index is 2000. The van der Waals surface area contributed by atoms with Crippen molar-refractivity contribution in [3.8, 4) is 0 Å². The minimum Gasteiger partial charge on any atom is -0.462 e. The van der Waals surface area contributed by atoms with Crippen LogP contribution in [-0.2, 0) is 65.4 Å². The van der Waals surface area contributed by atoms with Gasteiger partial charge in [-0.2, -0.15) is 0 Å². The lowest BCUT2D eigenvalue weighted by Crippen LogP contribution is -2.30. The topological polar surface area (TPSA) is 237 Å². The second kappa shape index (κ2) is 81.1. The van der Waals surface area contributed by atoms with Crippen LogP contribution in [0.25, 0.3) is 0 Å². The van der Waals surface area contributed by atoms with Gasteiger partial charge < -0.3 is 33.8 Å². The van der Waals surface area contributed by atoms with E-state index in [0.717, 1.165) is 89.9 Å². The van der Waals surface area contributed by atoms with Gasteiger partial charge in [0.2, 0.25) is 0 Å². The van der Waals surface area contributed by atoms with Crippen LogP contribution >= 0.6 is 15.6 Å². The molecule has 5 atom stereocenters. The minimum absolute atomic E-state index is 0.110. The van der Waals surface area contributed by atoms with Crippen molar-refractivity contribution in [2.45, 2.75) is 495 Å². The average molecular weight is 1550 g/mol. The summed E-state index contributed by atoms with van der Waals surface area (Å²) in [7, 11) is -9.93. The highest BCUT2D eigenvalue weighted by Gasteiger charge is 2.30. The van der Waals surface area contributed by atoms with E-state index in [4.69, 9.17) is 37.0 Å². The molecular formula is C87H170O17P2. The summed E-state index contributed by atoms with van der Waals surface area (Å²) < 4.78 is 69.0. The van der Waals surface area contributed by atoms with Crippen LogP contribution < -0.4 is 0 Å². The van der Waals surface area contributed by atoms with Crippen molar-refractivity contribution < 1.29 is 80.2 Å². The summed E-state index contributed by atoms with van der Waals surface area (Å²) in [5, 5.41) is 10.7. The van der Waals surface area contributed by atoms with Crippen LogP contribution in [0.1, 0.15) is 477 Å². The Balaban J connectivity index is 5.27. The van der Waals surface area contributed by atoms with Gasteiger partial charge in [-0.05, 0) is 25.7 Å². The van der Waals surface area contributed by atoms with Crippen molar-refractivity contribution in [2.75, 3.05) is 39.6 Å². The van der Waals surface area contributed by atoms with E-state index in [0.29, 0.717) is 25.7 Å². The standard InChI is InChI=1S/C87H170O17P2/c1-5-9-13-17-21-25-29-33-37-40-44-48-52-56-60-64-68-72-85(90)98-78-83(104-87(92)74-70-66-62-58-54-50-46-42-39-35-31-27-23-19-15-11-7-3)80-102-106(95,96)100-76-81(88)75-99-105(93,94)101-79-82(77-97-84(89)71-67-63-59-55-51-47-43-36-32-28-24-20-16-12-8-4)103-86(91)73-69-65-61-57-53-49-45-41-38-34-30-26-22-18-14-10-6-2/h81-83,88H,5-80H2,1-4H3,(H,93,94)(H,95,96)/t81-,82+,83+/m0/s1. The second-order valence-corrected chi connectivity index (χ2v) is 34.2. The van der Waals surface area contributed by atoms with Gasteiger partial charge in [0.15, 0.2) is 12.2 Å². The highest BCUT2D eigenvalue weighted by atomic mass is 31.2. The zero-order chi connectivity index (χ0) is 77.4. The van der Waals surface area contributed by atoms with E-state index in [2.05, 4.69) is 27.7 Å². The van der Waals surface area contributed by atoms with Gasteiger partial charge in [-0.1, -0.05) is 426 Å². The number of rotatable bonds is 88. The molecule has 0 rings (SSSR count). The average Bonchev–Trinajstić information content (AvgIpc) is 0.905. The quantitative estimate of drug-likeness (QED) is 0.0222. The van der Waals surface area contributed by atoms with Crippen LogP contribution in [0.3, 0.4) is 0 Å². The highest BCUT2D eigenvalue weighted by Crippen LogP contribution is 2.45. The molecule has 0 aliphatic rings. The van der Waals surface area contributed by atoms with Crippen molar-refractivity contribution in [2.24, 2.45) is 0 Å². The summed E-state index contributed by atoms with van der Waals surface area (Å²) >= 11 is 0. The molecule has 0 bridgehead atoms. The predicted octanol–water partition coefficient (Wildman–Crippen LogP) is 26.9. The van der Waals surface area contributed by atoms with Crippen molar-refractivity contribution in [3.63, 3.8) is 0 Å². The maximum Gasteiger partial charge on any atom is 0.472 e. The molecule has 3 N–H and O–H groups in total. The fraction of sp³-hybridized carbons (Fsp3) is 0.954. The van der Waals surface area contributed by atoms with Gasteiger partial charge in [-0.3, -0.25) is 37.3 Å². The van der Waals surface area contributed by atoms with Crippen LogP contribution in [0, 0.1) is 0 Å². The van der Waals surface area contributed by atoms with Gasteiger partial charge in [0, 0.05) is 25.7 Å². The number of unbranched alkanes of at least 4 members (excludes halogenated alkanes) is 62. The largest absolute Gasteiger partial charge is 0.472 e. The molecule has 0 aromatic heterocycles. The Labute approximate surface area is 651 Å². The fourth-order valence-corrected chi connectivity index (χ4v) is 15.3. The molecule has 0 saturated carbocycles. The van der Waals surface area contributed by atoms with Crippen LogP contribution in [-0.4, -0.2) is 96.7 Å². The summed E-state index contributed by atoms with van der Waals surface area (Å²) in [6.07, 6.45) is 76.2. The minimum atomic E-state index is -4.97. The second-order valence-electron chi connectivity index (χ2n) is 31.3. The number of aliphatic hydroxyl groups excluding tert-OH is 1. The Morgan fingerprint density at radius 3 is 0.557 bits per heavy atom. The number of hydrogen-bond acceptors (Lipinski definition) is 15. The number of carbonyl (C=O) groups is 4. The van der Waals surface area contributed by atoms with Gasteiger partial charge in [-0.15, -0.1) is 0 Å². The molecule has 0 aliphatic carbocycles. The first-order valence-corrected chi connectivity index (χ1v) is 48.3. The predicted molar refractivity (Wildman–Crippen MR) is 437 cm³/mol. The number of phosphoric acid groups is 2. The van der Waals surface area contributed by atoms with Gasteiger partial charge >= 0.3 is 39.5 Å². The Hall–Kier alpha value is -1.94. The van der Waals surface area contributed by atoms with Crippen molar-refractivity contribution in [1.29, 1.82) is 0 Å². The van der Waals surface area contributed by atoms with Gasteiger partial charge in [0.1, 0.15) is 19.3 Å². The number of aliphatic hydroxyl groups is 1. The lowest BCUT2D eigenvalue weighted by atomic mass is 10.0. The lowest BCUT2D eigenvalue weighted by Gasteiger charge is -2.21. The molecule has 0 radical (unpaired) electrons. The summed E-state index contributed by atoms with van der Waals surface area (Å²) in [4.78, 5) is 73.3. The van der Waals surface area contributed by atoms with Crippen LogP contribution in [0.5, 0.6) is 0 Å². The van der Waals surface area contributed by atoms with E-state index >= 15 is 0 Å². The van der Waals surface area contributed by atoms with E-state index in [1.54, 1.807) is 0 Å². The molecule has 0 aromatic rings. The number of hydrogen-bond donors (Lipinski definition) is 3. The molecule has 0 spiro atoms. The van der Waals surface area contributed by atoms with E-state index in [-0.39, 0.29) is 25.7 Å². The Kier molecular flexibility index (Phi) is 79.6. The monoisotopic (exact) mass is 1550 g/mol. The molecule has 0 heterocycles. The van der Waals surface area contributed by atoms with Gasteiger partial charge in [-0.25, -0.2) is 9.13 Å². The maximum atomic E-state index is 13.2. The fourth-order valence-electron chi connectivity index (χ4n) is 13.7. The number of ether oxygens (including phenoxy) is 4. The van der Waals surface area contributed by atoms with E-state index in [1.165, 1.54) is 308 Å². The first-order valence-electron chi connectivity index (χ1n) is 45.3. The molecule has 17 nitrogen and oxygen atoms in total. The Morgan fingerprint density at radius 2 is 0.377 bits per heavy atom. The normalized spacial score (nSPS) is 13.7. The molecule has 2 unspecified atom stereocenters. The number of carbonyl (C=O) groups excluding carboxylic acids is 4. The number of esters is 4. The SMILES string of the molecule is CCCCCCCCCCCCCCCCCCCC(=O)OC[C@H](COP(=O)(O)OC[C@@H](O)COP(=O)(O)OC[C@@H](COC(=O)CCCCCCCCCCCCCCCCC)OC(=O)CCCCCCCCCCCCCCCCCCC)OC(=O)CCCCCCCCCCCCCCCCCCC. The summed E-state index contributed by atoms with van der Waals surface area (Å²) in [6, 6.07) is 0. The van der Waals surface area contributed by atoms with Crippen LogP contribution in [0.2, 0.25) is 0 Å². The van der Waals surface area contributed by atoms with Crippen molar-refractivity contribution in [1.82, 2.24) is 0 Å². The third-order valence-electron chi connectivity index (χ3n) is 20.6. The van der Waals surface area contributed by atoms with Gasteiger partial charge in [0.05, 0.1) is 26.4 Å². The molecule has 0 amide bonds. The lowest BCUT2D eigenvalue weighted by molar-refractivity contribution is -0.161. The molecule has 630 valence electrons. The first kappa shape index (κ1) is 104. The van der Waals surface area contributed by atoms with E-state index in [1.807, 2.05) is 0 Å². The highest BCUT2D eigenvalue weighted by molar-refractivity contribution is 7.47. The number of phosphoric ester groups is 2. The molecule has 0 aliphatic heterocycles. The summed E-state index contributed by atoms with van der Waals surface area (Å²) in [5.74, 6) is -2.09. The molecule has 19 heteroatoms. The van der Waals surface area contributed by atoms with Crippen LogP contribution in [0.4, 0.5) is 0 Å². The van der Waals surface area contributed by atoms with Gasteiger partial charge in [0.25, 0.3) is 0 Å². The zero-order valence-corrected chi connectivity index (χ0v) is 71.2. The molecule has 0 aromatic carbocycles. The summed E-state index contributed by atoms with van der Waals surface area (Å²) in [5.41, 5.74) is 0. The third kappa shape index (κ3) is 80.1. The van der Waals surface area contributed by atoms with Crippen molar-refractivity contribution >= 4 is 39.5 Å². The molecule has 0 saturated heterocycles. The third-order valence-corrected chi connectivity index (χ3v) is 22.5. The maximum absolute atomic E-state index is 13.2. The summed E-state index contributed by atoms with van der Waals surface area (Å²) in [6.45, 7) is 5.08. The van der Waals surface area contributed by atoms with Crippen molar-refractivity contribution in [3.05, 3.63) is 0 Å². The Morgan fingerprint density at radius 1 is 0.226 bits per heavy atom. The van der Waals surface area contributed by atoms with Crippen LogP contribution in [0.15, 0.2) is 0 Å². The molecule has 106 heavy (non-hydrogen) atoms. The van der Waals surface area contributed by atoms with E-state index in [9.17, 15) is 43.2 Å².